The molecule has 1 amide bonds. The topological polar surface area (TPSA) is 81.1 Å². The molecule has 6 nitrogen and oxygen atoms in total. The molecule has 3 heterocycles. The number of aromatic nitrogens is 2. The van der Waals surface area contributed by atoms with Crippen LogP contribution in [0.5, 0.6) is 0 Å². The zero-order valence-electron chi connectivity index (χ0n) is 13.9. The standard InChI is InChI=1S/C17H17N3O3S2/c1-3-11-6-13-16(25-11)19-9-20(17(13)23)8-14(22)15-5-4-12(24-15)7-18-10(2)21/h4-6,9H,3,7-8H2,1-2H3,(H,18,21). The minimum atomic E-state index is -0.190. The van der Waals surface area contributed by atoms with E-state index in [0.717, 1.165) is 16.2 Å². The van der Waals surface area contributed by atoms with Gasteiger partial charge in [-0.05, 0) is 24.6 Å². The van der Waals surface area contributed by atoms with Gasteiger partial charge in [-0.15, -0.1) is 22.7 Å². The van der Waals surface area contributed by atoms with E-state index in [0.29, 0.717) is 21.6 Å². The molecule has 1 N–H and O–H groups in total. The Hall–Kier alpha value is -2.32. The molecule has 3 aromatic heterocycles. The van der Waals surface area contributed by atoms with Crippen LogP contribution in [0.1, 0.15) is 33.3 Å². The van der Waals surface area contributed by atoms with E-state index in [1.807, 2.05) is 19.1 Å². The monoisotopic (exact) mass is 375 g/mol. The number of carbonyl (C=O) groups excluding carboxylic acids is 2. The lowest BCUT2D eigenvalue weighted by Gasteiger charge is -2.03. The maximum absolute atomic E-state index is 12.5. The average molecular weight is 375 g/mol. The molecule has 130 valence electrons. The molecule has 0 aliphatic rings. The fourth-order valence-electron chi connectivity index (χ4n) is 2.36. The van der Waals surface area contributed by atoms with Crippen molar-refractivity contribution in [2.24, 2.45) is 0 Å². The molecule has 3 aromatic rings. The van der Waals surface area contributed by atoms with E-state index in [4.69, 9.17) is 0 Å². The minimum absolute atomic E-state index is 0.0425. The zero-order valence-corrected chi connectivity index (χ0v) is 15.5. The molecular weight excluding hydrogens is 358 g/mol. The molecule has 0 spiro atoms. The smallest absolute Gasteiger partial charge is 0.262 e. The summed E-state index contributed by atoms with van der Waals surface area (Å²) in [6.45, 7) is 3.83. The molecule has 0 unspecified atom stereocenters. The lowest BCUT2D eigenvalue weighted by atomic mass is 10.3. The summed E-state index contributed by atoms with van der Waals surface area (Å²) < 4.78 is 1.35. The molecule has 0 aliphatic carbocycles. The molecule has 0 radical (unpaired) electrons. The predicted octanol–water partition coefficient (Wildman–Crippen LogP) is 2.60. The van der Waals surface area contributed by atoms with Gasteiger partial charge in [-0.25, -0.2) is 4.98 Å². The van der Waals surface area contributed by atoms with Crippen molar-refractivity contribution in [3.05, 3.63) is 49.5 Å². The fourth-order valence-corrected chi connectivity index (χ4v) is 4.17. The van der Waals surface area contributed by atoms with Crippen LogP contribution in [0.4, 0.5) is 0 Å². The number of fused-ring (bicyclic) bond motifs is 1. The number of thiophene rings is 2. The van der Waals surface area contributed by atoms with Gasteiger partial charge in [0.1, 0.15) is 4.83 Å². The van der Waals surface area contributed by atoms with Gasteiger partial charge in [0.2, 0.25) is 5.91 Å². The molecule has 0 aromatic carbocycles. The fraction of sp³-hybridized carbons (Fsp3) is 0.294. The van der Waals surface area contributed by atoms with Crippen LogP contribution in [0.15, 0.2) is 29.3 Å². The number of rotatable bonds is 6. The van der Waals surface area contributed by atoms with Crippen LogP contribution in [-0.2, 0) is 24.3 Å². The summed E-state index contributed by atoms with van der Waals surface area (Å²) in [7, 11) is 0. The largest absolute Gasteiger partial charge is 0.351 e. The highest BCUT2D eigenvalue weighted by molar-refractivity contribution is 7.18. The van der Waals surface area contributed by atoms with E-state index in [-0.39, 0.29) is 23.8 Å². The summed E-state index contributed by atoms with van der Waals surface area (Å²) in [5.74, 6) is -0.261. The SMILES string of the molecule is CCc1cc2c(=O)n(CC(=O)c3ccc(CNC(C)=O)s3)cnc2s1. The Bertz CT molecular complexity index is 1000. The van der Waals surface area contributed by atoms with Crippen LogP contribution >= 0.6 is 22.7 Å². The normalized spacial score (nSPS) is 11.0. The Morgan fingerprint density at radius 2 is 2.04 bits per heavy atom. The Balaban J connectivity index is 1.79. The number of carbonyl (C=O) groups is 2. The van der Waals surface area contributed by atoms with E-state index in [2.05, 4.69) is 10.3 Å². The average Bonchev–Trinajstić information content (AvgIpc) is 3.22. The van der Waals surface area contributed by atoms with Crippen molar-refractivity contribution >= 4 is 44.6 Å². The number of hydrogen-bond donors (Lipinski definition) is 1. The predicted molar refractivity (Wildman–Crippen MR) is 99.4 cm³/mol. The van der Waals surface area contributed by atoms with Crippen LogP contribution in [-0.4, -0.2) is 21.2 Å². The Morgan fingerprint density at radius 1 is 1.24 bits per heavy atom. The van der Waals surface area contributed by atoms with Gasteiger partial charge >= 0.3 is 0 Å². The second kappa shape index (κ2) is 7.28. The van der Waals surface area contributed by atoms with Gasteiger partial charge < -0.3 is 5.32 Å². The molecule has 0 atom stereocenters. The lowest BCUT2D eigenvalue weighted by molar-refractivity contribution is -0.119. The van der Waals surface area contributed by atoms with E-state index >= 15 is 0 Å². The second-order valence-corrected chi connectivity index (χ2v) is 7.85. The molecule has 25 heavy (non-hydrogen) atoms. The van der Waals surface area contributed by atoms with Gasteiger partial charge in [0, 0.05) is 16.7 Å². The van der Waals surface area contributed by atoms with Gasteiger partial charge in [-0.2, -0.15) is 0 Å². The van der Waals surface area contributed by atoms with E-state index in [1.165, 1.54) is 40.5 Å². The number of aryl methyl sites for hydroxylation is 1. The number of nitrogens with zero attached hydrogens (tertiary/aromatic N) is 2. The summed E-state index contributed by atoms with van der Waals surface area (Å²) in [5, 5.41) is 3.26. The lowest BCUT2D eigenvalue weighted by Crippen LogP contribution is -2.23. The first-order valence-electron chi connectivity index (χ1n) is 7.82. The van der Waals surface area contributed by atoms with Gasteiger partial charge in [0.05, 0.1) is 29.7 Å². The van der Waals surface area contributed by atoms with Crippen molar-refractivity contribution in [2.75, 3.05) is 0 Å². The number of amides is 1. The third-order valence-electron chi connectivity index (χ3n) is 3.68. The number of Topliss-reactive ketones (excluding diaryl/α,β-unsaturated/α-hetero) is 1. The number of hydrogen-bond acceptors (Lipinski definition) is 6. The van der Waals surface area contributed by atoms with Crippen LogP contribution in [0.2, 0.25) is 0 Å². The van der Waals surface area contributed by atoms with Gasteiger partial charge in [-0.1, -0.05) is 6.92 Å². The quantitative estimate of drug-likeness (QED) is 0.672. The second-order valence-electron chi connectivity index (χ2n) is 5.56. The zero-order chi connectivity index (χ0) is 18.0. The molecular formula is C17H17N3O3S2. The van der Waals surface area contributed by atoms with Gasteiger partial charge in [-0.3, -0.25) is 19.0 Å². The van der Waals surface area contributed by atoms with E-state index in [9.17, 15) is 14.4 Å². The number of ketones is 1. The first-order chi connectivity index (χ1) is 12.0. The third kappa shape index (κ3) is 3.85. The highest BCUT2D eigenvalue weighted by Crippen LogP contribution is 2.21. The van der Waals surface area contributed by atoms with Crippen molar-refractivity contribution in [2.45, 2.75) is 33.4 Å². The molecule has 0 fully saturated rings. The Labute approximate surface area is 152 Å². The van der Waals surface area contributed by atoms with Crippen molar-refractivity contribution in [3.8, 4) is 0 Å². The first kappa shape index (κ1) is 17.5. The van der Waals surface area contributed by atoms with E-state index in [1.54, 1.807) is 6.07 Å². The van der Waals surface area contributed by atoms with E-state index < -0.39 is 0 Å². The van der Waals surface area contributed by atoms with Gasteiger partial charge in [0.25, 0.3) is 5.56 Å². The molecule has 8 heteroatoms. The highest BCUT2D eigenvalue weighted by Gasteiger charge is 2.14. The summed E-state index contributed by atoms with van der Waals surface area (Å²) in [5.41, 5.74) is -0.190. The summed E-state index contributed by atoms with van der Waals surface area (Å²) >= 11 is 2.83. The first-order valence-corrected chi connectivity index (χ1v) is 9.45. The highest BCUT2D eigenvalue weighted by atomic mass is 32.1. The van der Waals surface area contributed by atoms with Crippen molar-refractivity contribution in [3.63, 3.8) is 0 Å². The molecule has 0 saturated carbocycles. The van der Waals surface area contributed by atoms with Crippen LogP contribution in [0, 0.1) is 0 Å². The van der Waals surface area contributed by atoms with Crippen molar-refractivity contribution < 1.29 is 9.59 Å². The molecule has 0 saturated heterocycles. The number of nitrogens with one attached hydrogen (secondary N) is 1. The molecule has 3 rings (SSSR count). The summed E-state index contributed by atoms with van der Waals surface area (Å²) in [6, 6.07) is 5.39. The molecule has 0 aliphatic heterocycles. The van der Waals surface area contributed by atoms with Crippen molar-refractivity contribution in [1.29, 1.82) is 0 Å². The maximum atomic E-state index is 12.5. The van der Waals surface area contributed by atoms with Crippen LogP contribution in [0.3, 0.4) is 0 Å². The minimum Gasteiger partial charge on any atom is -0.351 e. The maximum Gasteiger partial charge on any atom is 0.262 e. The van der Waals surface area contributed by atoms with Gasteiger partial charge in [0.15, 0.2) is 5.78 Å². The van der Waals surface area contributed by atoms with Crippen molar-refractivity contribution in [1.82, 2.24) is 14.9 Å². The summed E-state index contributed by atoms with van der Waals surface area (Å²) in [6.07, 6.45) is 2.29. The Kier molecular flexibility index (Phi) is 5.10. The Morgan fingerprint density at radius 3 is 2.76 bits per heavy atom. The van der Waals surface area contributed by atoms with Crippen LogP contribution in [0.25, 0.3) is 10.2 Å². The third-order valence-corrected chi connectivity index (χ3v) is 5.99. The van der Waals surface area contributed by atoms with Crippen LogP contribution < -0.4 is 10.9 Å². The summed E-state index contributed by atoms with van der Waals surface area (Å²) in [4.78, 5) is 43.5. The molecule has 0 bridgehead atoms.